The van der Waals surface area contributed by atoms with Crippen LogP contribution in [0.3, 0.4) is 0 Å². The largest absolute Gasteiger partial charge is 0.444 e. The SMILES string of the molecule is C=C1C=CC(C)(OS(C)(=O)=O)N(C(=O)OCc2ccccc2)C1. The second-order valence-electron chi connectivity index (χ2n) is 5.46. The molecule has 0 saturated carbocycles. The van der Waals surface area contributed by atoms with Crippen LogP contribution in [0.15, 0.2) is 54.6 Å². The number of carbonyl (C=O) groups excluding carboxylic acids is 1. The highest BCUT2D eigenvalue weighted by Crippen LogP contribution is 2.28. The molecule has 1 aromatic rings. The Morgan fingerprint density at radius 1 is 1.35 bits per heavy atom. The van der Waals surface area contributed by atoms with Crippen LogP contribution >= 0.6 is 0 Å². The lowest BCUT2D eigenvalue weighted by molar-refractivity contribution is -0.0224. The highest BCUT2D eigenvalue weighted by Gasteiger charge is 2.40. The molecule has 0 N–H and O–H groups in total. The average Bonchev–Trinajstić information content (AvgIpc) is 2.47. The maximum atomic E-state index is 12.4. The van der Waals surface area contributed by atoms with Gasteiger partial charge in [0, 0.05) is 0 Å². The molecule has 0 radical (unpaired) electrons. The van der Waals surface area contributed by atoms with E-state index in [1.165, 1.54) is 17.9 Å². The fourth-order valence-corrected chi connectivity index (χ4v) is 2.96. The summed E-state index contributed by atoms with van der Waals surface area (Å²) >= 11 is 0. The summed E-state index contributed by atoms with van der Waals surface area (Å²) in [7, 11) is -3.76. The van der Waals surface area contributed by atoms with E-state index in [1.54, 1.807) is 6.08 Å². The monoisotopic (exact) mass is 337 g/mol. The molecular formula is C16H19NO5S. The van der Waals surface area contributed by atoms with Gasteiger partial charge in [-0.25, -0.2) is 8.98 Å². The van der Waals surface area contributed by atoms with Gasteiger partial charge in [-0.15, -0.1) is 0 Å². The number of amides is 1. The van der Waals surface area contributed by atoms with Crippen LogP contribution in [-0.2, 0) is 25.6 Å². The zero-order chi connectivity index (χ0) is 17.1. The predicted octanol–water partition coefficient (Wildman–Crippen LogP) is 2.44. The number of carbonyl (C=O) groups is 1. The van der Waals surface area contributed by atoms with Gasteiger partial charge in [0.1, 0.15) is 6.61 Å². The fraction of sp³-hybridized carbons (Fsp3) is 0.312. The van der Waals surface area contributed by atoms with Crippen molar-refractivity contribution in [2.24, 2.45) is 0 Å². The number of benzene rings is 1. The smallest absolute Gasteiger partial charge is 0.412 e. The van der Waals surface area contributed by atoms with Crippen LogP contribution in [0, 0.1) is 0 Å². The lowest BCUT2D eigenvalue weighted by Gasteiger charge is -2.39. The van der Waals surface area contributed by atoms with E-state index in [9.17, 15) is 13.2 Å². The lowest BCUT2D eigenvalue weighted by Crippen LogP contribution is -2.53. The molecule has 0 aromatic heterocycles. The van der Waals surface area contributed by atoms with Crippen molar-refractivity contribution in [3.05, 3.63) is 60.2 Å². The molecule has 6 nitrogen and oxygen atoms in total. The molecule has 124 valence electrons. The molecule has 1 aliphatic heterocycles. The minimum Gasteiger partial charge on any atom is -0.444 e. The topological polar surface area (TPSA) is 72.9 Å². The van der Waals surface area contributed by atoms with E-state index in [1.807, 2.05) is 30.3 Å². The lowest BCUT2D eigenvalue weighted by atomic mass is 10.1. The molecule has 0 aliphatic carbocycles. The molecular weight excluding hydrogens is 318 g/mol. The van der Waals surface area contributed by atoms with Gasteiger partial charge < -0.3 is 4.74 Å². The van der Waals surface area contributed by atoms with Crippen molar-refractivity contribution in [2.45, 2.75) is 19.3 Å². The summed E-state index contributed by atoms with van der Waals surface area (Å²) in [5.41, 5.74) is 0.0388. The third-order valence-electron chi connectivity index (χ3n) is 3.27. The Hall–Kier alpha value is -2.12. The molecule has 1 unspecified atom stereocenters. The number of nitrogens with zero attached hydrogens (tertiary/aromatic N) is 1. The summed E-state index contributed by atoms with van der Waals surface area (Å²) in [4.78, 5) is 13.6. The van der Waals surface area contributed by atoms with Crippen LogP contribution in [-0.4, -0.2) is 37.9 Å². The molecule has 1 heterocycles. The zero-order valence-corrected chi connectivity index (χ0v) is 13.9. The van der Waals surface area contributed by atoms with E-state index in [4.69, 9.17) is 8.92 Å². The van der Waals surface area contributed by atoms with Gasteiger partial charge >= 0.3 is 6.09 Å². The first-order chi connectivity index (χ1) is 10.7. The van der Waals surface area contributed by atoms with Gasteiger partial charge in [0.25, 0.3) is 10.1 Å². The van der Waals surface area contributed by atoms with Crippen molar-refractivity contribution >= 4 is 16.2 Å². The van der Waals surface area contributed by atoms with Gasteiger partial charge in [-0.05, 0) is 24.1 Å². The van der Waals surface area contributed by atoms with Crippen LogP contribution in [0.2, 0.25) is 0 Å². The first kappa shape index (κ1) is 17.2. The van der Waals surface area contributed by atoms with Crippen LogP contribution in [0.25, 0.3) is 0 Å². The zero-order valence-electron chi connectivity index (χ0n) is 13.1. The first-order valence-corrected chi connectivity index (χ1v) is 8.77. The van der Waals surface area contributed by atoms with Gasteiger partial charge in [0.15, 0.2) is 5.72 Å². The second kappa shape index (κ2) is 6.55. The van der Waals surface area contributed by atoms with E-state index < -0.39 is 21.9 Å². The van der Waals surface area contributed by atoms with Crippen LogP contribution in [0.5, 0.6) is 0 Å². The van der Waals surface area contributed by atoms with Crippen LogP contribution in [0.4, 0.5) is 4.79 Å². The van der Waals surface area contributed by atoms with Crippen molar-refractivity contribution < 1.29 is 22.1 Å². The fourth-order valence-electron chi connectivity index (χ4n) is 2.20. The van der Waals surface area contributed by atoms with Gasteiger partial charge in [0.2, 0.25) is 0 Å². The maximum Gasteiger partial charge on any atom is 0.412 e. The molecule has 0 bridgehead atoms. The van der Waals surface area contributed by atoms with E-state index in [0.29, 0.717) is 5.57 Å². The second-order valence-corrected chi connectivity index (χ2v) is 7.03. The van der Waals surface area contributed by atoms with E-state index in [-0.39, 0.29) is 13.2 Å². The normalized spacial score (nSPS) is 21.3. The summed E-state index contributed by atoms with van der Waals surface area (Å²) < 4.78 is 33.3. The highest BCUT2D eigenvalue weighted by molar-refractivity contribution is 7.86. The molecule has 1 atom stereocenters. The van der Waals surface area contributed by atoms with E-state index in [0.717, 1.165) is 11.8 Å². The summed E-state index contributed by atoms with van der Waals surface area (Å²) in [5, 5.41) is 0. The van der Waals surface area contributed by atoms with Crippen molar-refractivity contribution in [1.29, 1.82) is 0 Å². The van der Waals surface area contributed by atoms with Gasteiger partial charge in [-0.3, -0.25) is 4.90 Å². The van der Waals surface area contributed by atoms with Crippen molar-refractivity contribution in [2.75, 3.05) is 12.8 Å². The number of hydrogen-bond acceptors (Lipinski definition) is 5. The van der Waals surface area contributed by atoms with E-state index >= 15 is 0 Å². The third-order valence-corrected chi connectivity index (χ3v) is 3.91. The molecule has 7 heteroatoms. The molecule has 1 aliphatic rings. The molecule has 1 amide bonds. The van der Waals surface area contributed by atoms with Crippen molar-refractivity contribution in [3.63, 3.8) is 0 Å². The summed E-state index contributed by atoms with van der Waals surface area (Å²) in [6.45, 7) is 5.48. The first-order valence-electron chi connectivity index (χ1n) is 6.95. The van der Waals surface area contributed by atoms with Crippen molar-refractivity contribution in [1.82, 2.24) is 4.90 Å². The Bertz CT molecular complexity index is 726. The summed E-state index contributed by atoms with van der Waals surface area (Å²) in [6.07, 6.45) is 3.37. The predicted molar refractivity (Wildman–Crippen MR) is 85.9 cm³/mol. The van der Waals surface area contributed by atoms with E-state index in [2.05, 4.69) is 6.58 Å². The number of hydrogen-bond donors (Lipinski definition) is 0. The molecule has 0 spiro atoms. The Kier molecular flexibility index (Phi) is 4.91. The third kappa shape index (κ3) is 4.67. The number of ether oxygens (including phenoxy) is 1. The number of rotatable bonds is 4. The Balaban J connectivity index is 2.15. The highest BCUT2D eigenvalue weighted by atomic mass is 32.2. The Morgan fingerprint density at radius 3 is 2.61 bits per heavy atom. The Labute approximate surface area is 136 Å². The molecule has 23 heavy (non-hydrogen) atoms. The van der Waals surface area contributed by atoms with Gasteiger partial charge in [-0.1, -0.05) is 43.0 Å². The Morgan fingerprint density at radius 2 is 2.00 bits per heavy atom. The quantitative estimate of drug-likeness (QED) is 0.789. The average molecular weight is 337 g/mol. The molecule has 0 saturated heterocycles. The van der Waals surface area contributed by atoms with Gasteiger partial charge in [-0.2, -0.15) is 8.42 Å². The minimum atomic E-state index is -3.76. The molecule has 1 aromatic carbocycles. The molecule has 2 rings (SSSR count). The molecule has 0 fully saturated rings. The minimum absolute atomic E-state index is 0.0846. The standard InChI is InChI=1S/C16H19NO5S/c1-13-9-10-16(2,22-23(3,19)20)17(11-13)15(18)21-12-14-7-5-4-6-8-14/h4-10H,1,11-12H2,2-3H3. The van der Waals surface area contributed by atoms with Crippen LogP contribution in [0.1, 0.15) is 12.5 Å². The summed E-state index contributed by atoms with van der Waals surface area (Å²) in [5.74, 6) is 0. The maximum absolute atomic E-state index is 12.4. The summed E-state index contributed by atoms with van der Waals surface area (Å²) in [6, 6.07) is 9.20. The van der Waals surface area contributed by atoms with Crippen molar-refractivity contribution in [3.8, 4) is 0 Å². The van der Waals surface area contributed by atoms with Gasteiger partial charge in [0.05, 0.1) is 12.8 Å². The van der Waals surface area contributed by atoms with Crippen LogP contribution < -0.4 is 0 Å².